The number of ether oxygens (including phenoxy) is 1. The van der Waals surface area contributed by atoms with Crippen LogP contribution in [0, 0.1) is 0 Å². The van der Waals surface area contributed by atoms with E-state index in [0.29, 0.717) is 24.5 Å². The molecule has 1 rings (SSSR count). The lowest BCUT2D eigenvalue weighted by atomic mass is 10.1. The Bertz CT molecular complexity index is 622. The summed E-state index contributed by atoms with van der Waals surface area (Å²) in [5.41, 5.74) is 1.80. The summed E-state index contributed by atoms with van der Waals surface area (Å²) >= 11 is 0. The molecular formula is C16H25N2O7P. The molecule has 9 nitrogen and oxygen atoms in total. The molecule has 0 saturated carbocycles. The first-order valence-electron chi connectivity index (χ1n) is 7.68. The molecule has 4 N–H and O–H groups in total. The molecule has 0 atom stereocenters. The van der Waals surface area contributed by atoms with Gasteiger partial charge in [-0.2, -0.15) is 10.2 Å². The fraction of sp³-hybridized carbons (Fsp3) is 0.438. The van der Waals surface area contributed by atoms with Crippen LogP contribution < -0.4 is 0 Å². The highest BCUT2D eigenvalue weighted by atomic mass is 31.2. The van der Waals surface area contributed by atoms with E-state index >= 15 is 0 Å². The van der Waals surface area contributed by atoms with Gasteiger partial charge in [-0.15, -0.1) is 0 Å². The maximum atomic E-state index is 11.5. The van der Waals surface area contributed by atoms with E-state index < -0.39 is 13.9 Å². The molecule has 0 heterocycles. The first kappa shape index (κ1) is 24.3. The third-order valence-electron chi connectivity index (χ3n) is 2.68. The normalized spacial score (nSPS) is 11.1. The number of carbonyl (C=O) groups is 1. The number of benzene rings is 1. The van der Waals surface area contributed by atoms with Gasteiger partial charge in [0.15, 0.2) is 12.1 Å². The molecule has 0 spiro atoms. The molecule has 1 aromatic rings. The van der Waals surface area contributed by atoms with Crippen LogP contribution in [0.25, 0.3) is 0 Å². The first-order valence-corrected chi connectivity index (χ1v) is 9.48. The number of hydrogen-bond acceptors (Lipinski definition) is 7. The lowest BCUT2D eigenvalue weighted by Crippen LogP contribution is -2.03. The Balaban J connectivity index is 0.000000758. The minimum atomic E-state index is -4.16. The molecule has 0 fully saturated rings. The molecule has 0 aliphatic rings. The maximum absolute atomic E-state index is 11.5. The number of carbonyl (C=O) groups excluding carboxylic acids is 1. The van der Waals surface area contributed by atoms with Crippen molar-refractivity contribution in [2.45, 2.75) is 13.3 Å². The number of allylic oxidation sites excluding steroid dienone is 1. The number of hydrogen-bond donors (Lipinski definition) is 4. The molecule has 0 unspecified atom stereocenters. The van der Waals surface area contributed by atoms with E-state index in [2.05, 4.69) is 21.5 Å². The predicted octanol–water partition coefficient (Wildman–Crippen LogP) is 1.58. The van der Waals surface area contributed by atoms with Crippen LogP contribution in [0.1, 0.15) is 12.5 Å². The van der Waals surface area contributed by atoms with E-state index in [0.717, 1.165) is 5.56 Å². The number of aliphatic hydroxyl groups excluding tert-OH is 2. The molecule has 26 heavy (non-hydrogen) atoms. The van der Waals surface area contributed by atoms with E-state index in [1.165, 1.54) is 0 Å². The van der Waals surface area contributed by atoms with Crippen LogP contribution in [0.15, 0.2) is 46.6 Å². The Hall–Kier alpha value is -1.74. The Morgan fingerprint density at radius 1 is 1.15 bits per heavy atom. The molecular weight excluding hydrogens is 363 g/mol. The highest BCUT2D eigenvalue weighted by molar-refractivity contribution is 7.51. The van der Waals surface area contributed by atoms with Gasteiger partial charge in [0.2, 0.25) is 0 Å². The highest BCUT2D eigenvalue weighted by Crippen LogP contribution is 2.34. The first-order chi connectivity index (χ1) is 12.2. The third-order valence-corrected chi connectivity index (χ3v) is 3.18. The average molecular weight is 388 g/mol. The number of Topliss-reactive ketones (excluding diaryl/α,β-unsaturated/α-hetero) is 1. The van der Waals surface area contributed by atoms with Crippen molar-refractivity contribution >= 4 is 19.1 Å². The van der Waals surface area contributed by atoms with Crippen LogP contribution in [0.3, 0.4) is 0 Å². The van der Waals surface area contributed by atoms with Crippen LogP contribution in [0.5, 0.6) is 0 Å². The second-order valence-electron chi connectivity index (χ2n) is 5.15. The molecule has 0 bridgehead atoms. The molecule has 0 amide bonds. The third kappa shape index (κ3) is 13.5. The van der Waals surface area contributed by atoms with Gasteiger partial charge in [-0.25, -0.2) is 0 Å². The molecule has 0 saturated heterocycles. The molecule has 10 heteroatoms. The van der Waals surface area contributed by atoms with Crippen molar-refractivity contribution < 1.29 is 34.1 Å². The van der Waals surface area contributed by atoms with E-state index in [1.54, 1.807) is 31.2 Å². The van der Waals surface area contributed by atoms with Crippen molar-refractivity contribution in [2.75, 3.05) is 32.7 Å². The minimum Gasteiger partial charge on any atom is -0.394 e. The lowest BCUT2D eigenvalue weighted by molar-refractivity contribution is -0.114. The molecule has 0 aliphatic heterocycles. The smallest absolute Gasteiger partial charge is 0.348 e. The Morgan fingerprint density at radius 2 is 1.69 bits per heavy atom. The SMILES string of the molecule is C=C(C)C(=O)Cc1ccc(N=NCP(=O)(O)O)cc1.OCCOCCO. The van der Waals surface area contributed by atoms with E-state index in [-0.39, 0.29) is 25.4 Å². The van der Waals surface area contributed by atoms with Crippen LogP contribution in [0.4, 0.5) is 5.69 Å². The van der Waals surface area contributed by atoms with Gasteiger partial charge in [0.05, 0.1) is 32.1 Å². The van der Waals surface area contributed by atoms with Gasteiger partial charge in [0.25, 0.3) is 0 Å². The standard InChI is InChI=1S/C12H15N2O4P.C4H10O3/c1-9(2)12(15)7-10-3-5-11(6-4-10)14-13-8-19(16,17)18;5-1-3-7-4-2-6/h3-6H,1,7-8H2,2H3,(H2,16,17,18);5-6H,1-4H2. The largest absolute Gasteiger partial charge is 0.394 e. The maximum Gasteiger partial charge on any atom is 0.348 e. The zero-order valence-electron chi connectivity index (χ0n) is 14.6. The number of rotatable bonds is 10. The van der Waals surface area contributed by atoms with E-state index in [1.807, 2.05) is 0 Å². The molecule has 146 valence electrons. The van der Waals surface area contributed by atoms with Crippen molar-refractivity contribution in [3.8, 4) is 0 Å². The highest BCUT2D eigenvalue weighted by Gasteiger charge is 2.10. The van der Waals surface area contributed by atoms with Gasteiger partial charge >= 0.3 is 7.60 Å². The molecule has 0 aromatic heterocycles. The summed E-state index contributed by atoms with van der Waals surface area (Å²) in [5.74, 6) is -0.0316. The van der Waals surface area contributed by atoms with Crippen LogP contribution in [-0.2, 0) is 20.5 Å². The Morgan fingerprint density at radius 3 is 2.12 bits per heavy atom. The zero-order chi connectivity index (χ0) is 20.0. The summed E-state index contributed by atoms with van der Waals surface area (Å²) in [6.45, 7) is 5.93. The zero-order valence-corrected chi connectivity index (χ0v) is 15.5. The van der Waals surface area contributed by atoms with Crippen molar-refractivity contribution in [2.24, 2.45) is 10.2 Å². The minimum absolute atomic E-state index is 0.0278. The summed E-state index contributed by atoms with van der Waals surface area (Å²) in [5, 5.41) is 23.3. The van der Waals surface area contributed by atoms with E-state index in [4.69, 9.17) is 20.0 Å². The Labute approximate surface area is 152 Å². The van der Waals surface area contributed by atoms with Gasteiger partial charge in [0, 0.05) is 6.42 Å². The van der Waals surface area contributed by atoms with Gasteiger partial charge in [-0.3, -0.25) is 9.36 Å². The van der Waals surface area contributed by atoms with Crippen molar-refractivity contribution in [3.63, 3.8) is 0 Å². The summed E-state index contributed by atoms with van der Waals surface area (Å²) in [4.78, 5) is 28.7. The predicted molar refractivity (Wildman–Crippen MR) is 96.4 cm³/mol. The monoisotopic (exact) mass is 388 g/mol. The topological polar surface area (TPSA) is 149 Å². The van der Waals surface area contributed by atoms with E-state index in [9.17, 15) is 9.36 Å². The summed E-state index contributed by atoms with van der Waals surface area (Å²) in [7, 11) is -4.16. The van der Waals surface area contributed by atoms with Crippen molar-refractivity contribution in [1.82, 2.24) is 0 Å². The summed E-state index contributed by atoms with van der Waals surface area (Å²) < 4.78 is 15.2. The van der Waals surface area contributed by atoms with Crippen LogP contribution in [0.2, 0.25) is 0 Å². The fourth-order valence-electron chi connectivity index (χ4n) is 1.44. The van der Waals surface area contributed by atoms with Gasteiger partial charge in [0.1, 0.15) is 0 Å². The summed E-state index contributed by atoms with van der Waals surface area (Å²) in [6.07, 6.45) is -0.363. The number of nitrogens with zero attached hydrogens (tertiary/aromatic N) is 2. The summed E-state index contributed by atoms with van der Waals surface area (Å²) in [6, 6.07) is 6.69. The fourth-order valence-corrected chi connectivity index (χ4v) is 1.67. The van der Waals surface area contributed by atoms with Crippen molar-refractivity contribution in [1.29, 1.82) is 0 Å². The van der Waals surface area contributed by atoms with Gasteiger partial charge < -0.3 is 24.7 Å². The number of azo groups is 1. The van der Waals surface area contributed by atoms with Crippen LogP contribution >= 0.6 is 7.60 Å². The quantitative estimate of drug-likeness (QED) is 0.206. The molecule has 1 aromatic carbocycles. The second kappa shape index (κ2) is 13.5. The van der Waals surface area contributed by atoms with Crippen molar-refractivity contribution in [3.05, 3.63) is 42.0 Å². The van der Waals surface area contributed by atoms with Gasteiger partial charge in [-0.1, -0.05) is 18.7 Å². The van der Waals surface area contributed by atoms with Gasteiger partial charge in [-0.05, 0) is 30.2 Å². The van der Waals surface area contributed by atoms with Crippen LogP contribution in [-0.4, -0.2) is 58.5 Å². The second-order valence-corrected chi connectivity index (χ2v) is 6.77. The lowest BCUT2D eigenvalue weighted by Gasteiger charge is -2.01. The Kier molecular flexibility index (Phi) is 12.6. The average Bonchev–Trinajstić information content (AvgIpc) is 2.56. The number of aliphatic hydroxyl groups is 2. The number of ketones is 1. The molecule has 0 radical (unpaired) electrons. The molecule has 0 aliphatic carbocycles.